The Hall–Kier alpha value is -4.24. The molecule has 9 heteroatoms. The normalized spacial score (nSPS) is 13.4. The maximum atomic E-state index is 13.6. The van der Waals surface area contributed by atoms with Gasteiger partial charge in [0.15, 0.2) is 17.5 Å². The van der Waals surface area contributed by atoms with Crippen molar-refractivity contribution in [3.8, 4) is 0 Å². The quantitative estimate of drug-likeness (QED) is 0.359. The molecule has 2 aromatic carbocycles. The molecule has 1 amide bonds. The van der Waals surface area contributed by atoms with Gasteiger partial charge in [-0.2, -0.15) is 0 Å². The molecule has 3 heterocycles. The molecule has 188 valence electrons. The Kier molecular flexibility index (Phi) is 6.87. The number of fused-ring (bicyclic) bond motifs is 1. The molecular weight excluding hydrogens is 481 g/mol. The fourth-order valence-electron chi connectivity index (χ4n) is 4.52. The Bertz CT molecular complexity index is 1430. The Balaban J connectivity index is 1.33. The van der Waals surface area contributed by atoms with Crippen LogP contribution in [0.25, 0.3) is 0 Å². The van der Waals surface area contributed by atoms with Crippen LogP contribution in [0.5, 0.6) is 0 Å². The van der Waals surface area contributed by atoms with Crippen molar-refractivity contribution in [3.63, 3.8) is 0 Å². The average Bonchev–Trinajstić information content (AvgIpc) is 3.35. The first-order valence-electron chi connectivity index (χ1n) is 11.7. The fraction of sp³-hybridized carbons (Fsp3) is 0.179. The molecular formula is C28H23F3N4O2. The average molecular weight is 505 g/mol. The first-order chi connectivity index (χ1) is 17.9. The molecule has 1 aliphatic heterocycles. The topological polar surface area (TPSA) is 78.3 Å². The van der Waals surface area contributed by atoms with Crippen LogP contribution in [-0.4, -0.2) is 34.1 Å². The highest BCUT2D eigenvalue weighted by molar-refractivity contribution is 5.98. The monoisotopic (exact) mass is 504 g/mol. The van der Waals surface area contributed by atoms with Gasteiger partial charge in [0.2, 0.25) is 0 Å². The molecule has 2 aromatic heterocycles. The molecule has 0 bridgehead atoms. The third-order valence-electron chi connectivity index (χ3n) is 6.34. The highest BCUT2D eigenvalue weighted by Gasteiger charge is 2.26. The van der Waals surface area contributed by atoms with Gasteiger partial charge in [0, 0.05) is 48.5 Å². The number of carbonyl (C=O) groups is 1. The summed E-state index contributed by atoms with van der Waals surface area (Å²) in [5, 5.41) is 13.1. The van der Waals surface area contributed by atoms with Crippen LogP contribution in [0.2, 0.25) is 0 Å². The molecule has 0 unspecified atom stereocenters. The molecule has 0 saturated heterocycles. The smallest absolute Gasteiger partial charge is 0.251 e. The van der Waals surface area contributed by atoms with Crippen molar-refractivity contribution in [2.75, 3.05) is 18.0 Å². The summed E-state index contributed by atoms with van der Waals surface area (Å²) >= 11 is 0. The van der Waals surface area contributed by atoms with Gasteiger partial charge in [-0.05, 0) is 72.0 Å². The zero-order chi connectivity index (χ0) is 25.9. The van der Waals surface area contributed by atoms with Crippen LogP contribution in [0.15, 0.2) is 73.2 Å². The van der Waals surface area contributed by atoms with E-state index in [1.807, 2.05) is 17.0 Å². The number of aromatic nitrogens is 2. The van der Waals surface area contributed by atoms with E-state index in [-0.39, 0.29) is 18.9 Å². The van der Waals surface area contributed by atoms with Crippen molar-refractivity contribution in [1.29, 1.82) is 0 Å². The number of aliphatic hydroxyl groups excluding tert-OH is 1. The summed E-state index contributed by atoms with van der Waals surface area (Å²) < 4.78 is 40.6. The van der Waals surface area contributed by atoms with Crippen molar-refractivity contribution in [3.05, 3.63) is 118 Å². The van der Waals surface area contributed by atoms with Gasteiger partial charge in [-0.15, -0.1) is 0 Å². The van der Waals surface area contributed by atoms with Gasteiger partial charge in [-0.25, -0.2) is 18.2 Å². The van der Waals surface area contributed by atoms with Crippen molar-refractivity contribution < 1.29 is 23.1 Å². The second-order valence-electron chi connectivity index (χ2n) is 8.79. The molecule has 4 aromatic rings. The number of nitrogens with one attached hydrogen (secondary N) is 1. The number of halogens is 3. The van der Waals surface area contributed by atoms with Crippen molar-refractivity contribution in [2.24, 2.45) is 0 Å². The number of benzene rings is 2. The van der Waals surface area contributed by atoms with E-state index in [2.05, 4.69) is 15.3 Å². The molecule has 5 rings (SSSR count). The van der Waals surface area contributed by atoms with Crippen LogP contribution in [0.4, 0.5) is 24.7 Å². The molecule has 1 aliphatic rings. The molecule has 0 fully saturated rings. The molecule has 0 aliphatic carbocycles. The van der Waals surface area contributed by atoms with Crippen molar-refractivity contribution in [1.82, 2.24) is 15.3 Å². The number of aliphatic hydroxyl groups is 1. The van der Waals surface area contributed by atoms with Crippen LogP contribution in [0.3, 0.4) is 0 Å². The lowest BCUT2D eigenvalue weighted by atomic mass is 10.0. The van der Waals surface area contributed by atoms with E-state index < -0.39 is 23.6 Å². The van der Waals surface area contributed by atoms with E-state index in [1.165, 1.54) is 0 Å². The summed E-state index contributed by atoms with van der Waals surface area (Å²) in [6.07, 6.45) is 4.71. The number of rotatable bonds is 7. The second-order valence-corrected chi connectivity index (χ2v) is 8.79. The lowest BCUT2D eigenvalue weighted by Gasteiger charge is -2.19. The van der Waals surface area contributed by atoms with Crippen LogP contribution in [0.1, 0.15) is 38.7 Å². The standard InChI is InChI=1S/C28H23F3N4O2/c29-22-12-18(13-23(30)27(22)31)11-17-6-9-33-26(14-17)35-10-7-20-21(4-1-5-24(20)35)28(37)34-16-25(36)19-3-2-8-32-15-19/h1-6,8-9,12-15,25,36H,7,10-11,16H2,(H,34,37)/t25-/m1/s1. The predicted octanol–water partition coefficient (Wildman–Crippen LogP) is 4.64. The van der Waals surface area contributed by atoms with Gasteiger partial charge < -0.3 is 15.3 Å². The summed E-state index contributed by atoms with van der Waals surface area (Å²) in [6.45, 7) is 0.639. The van der Waals surface area contributed by atoms with Gasteiger partial charge >= 0.3 is 0 Å². The third kappa shape index (κ3) is 5.17. The lowest BCUT2D eigenvalue weighted by molar-refractivity contribution is 0.0915. The van der Waals surface area contributed by atoms with Crippen molar-refractivity contribution >= 4 is 17.4 Å². The van der Waals surface area contributed by atoms with E-state index in [0.717, 1.165) is 28.9 Å². The Morgan fingerprint density at radius 3 is 2.59 bits per heavy atom. The molecule has 0 spiro atoms. The maximum Gasteiger partial charge on any atom is 0.251 e. The van der Waals surface area contributed by atoms with Gasteiger partial charge in [0.1, 0.15) is 5.82 Å². The number of hydrogen-bond donors (Lipinski definition) is 2. The van der Waals surface area contributed by atoms with E-state index in [0.29, 0.717) is 35.5 Å². The number of pyridine rings is 2. The molecule has 37 heavy (non-hydrogen) atoms. The van der Waals surface area contributed by atoms with Gasteiger partial charge in [0.25, 0.3) is 5.91 Å². The van der Waals surface area contributed by atoms with E-state index in [4.69, 9.17) is 0 Å². The molecule has 6 nitrogen and oxygen atoms in total. The first kappa shape index (κ1) is 24.5. The third-order valence-corrected chi connectivity index (χ3v) is 6.34. The first-order valence-corrected chi connectivity index (χ1v) is 11.7. The number of carbonyl (C=O) groups excluding carboxylic acids is 1. The number of hydrogen-bond acceptors (Lipinski definition) is 5. The van der Waals surface area contributed by atoms with Crippen LogP contribution >= 0.6 is 0 Å². The molecule has 0 saturated carbocycles. The summed E-state index contributed by atoms with van der Waals surface area (Å²) in [4.78, 5) is 23.4. The number of anilines is 2. The lowest BCUT2D eigenvalue weighted by Crippen LogP contribution is -2.29. The maximum absolute atomic E-state index is 13.6. The minimum atomic E-state index is -1.49. The summed E-state index contributed by atoms with van der Waals surface area (Å²) in [7, 11) is 0. The zero-order valence-corrected chi connectivity index (χ0v) is 19.7. The second kappa shape index (κ2) is 10.4. The van der Waals surface area contributed by atoms with E-state index in [9.17, 15) is 23.1 Å². The predicted molar refractivity (Wildman–Crippen MR) is 132 cm³/mol. The SMILES string of the molecule is O=C(NC[C@@H](O)c1cccnc1)c1cccc2c1CCN2c1cc(Cc2cc(F)c(F)c(F)c2)ccn1. The molecule has 1 atom stereocenters. The van der Waals surface area contributed by atoms with Crippen LogP contribution in [0, 0.1) is 17.5 Å². The van der Waals surface area contributed by atoms with Gasteiger partial charge in [0.05, 0.1) is 6.10 Å². The van der Waals surface area contributed by atoms with Crippen LogP contribution < -0.4 is 10.2 Å². The van der Waals surface area contributed by atoms with Crippen molar-refractivity contribution in [2.45, 2.75) is 18.9 Å². The fourth-order valence-corrected chi connectivity index (χ4v) is 4.52. The van der Waals surface area contributed by atoms with Gasteiger partial charge in [-0.1, -0.05) is 12.1 Å². The summed E-state index contributed by atoms with van der Waals surface area (Å²) in [5.41, 5.74) is 3.90. The van der Waals surface area contributed by atoms with E-state index >= 15 is 0 Å². The number of amides is 1. The highest BCUT2D eigenvalue weighted by atomic mass is 19.2. The summed E-state index contributed by atoms with van der Waals surface area (Å²) in [5.74, 6) is -3.60. The Labute approximate surface area is 211 Å². The largest absolute Gasteiger partial charge is 0.387 e. The molecule has 0 radical (unpaired) electrons. The Morgan fingerprint density at radius 2 is 1.84 bits per heavy atom. The van der Waals surface area contributed by atoms with Crippen LogP contribution in [-0.2, 0) is 12.8 Å². The highest BCUT2D eigenvalue weighted by Crippen LogP contribution is 2.36. The van der Waals surface area contributed by atoms with Gasteiger partial charge in [-0.3, -0.25) is 9.78 Å². The molecule has 2 N–H and O–H groups in total. The zero-order valence-electron chi connectivity index (χ0n) is 19.7. The summed E-state index contributed by atoms with van der Waals surface area (Å²) in [6, 6.07) is 14.4. The van der Waals surface area contributed by atoms with E-state index in [1.54, 1.807) is 48.9 Å². The number of nitrogens with zero attached hydrogens (tertiary/aromatic N) is 3. The minimum absolute atomic E-state index is 0.0477. The Morgan fingerprint density at radius 1 is 1.03 bits per heavy atom. The minimum Gasteiger partial charge on any atom is -0.387 e.